The summed E-state index contributed by atoms with van der Waals surface area (Å²) < 4.78 is 8.38. The van der Waals surface area contributed by atoms with Gasteiger partial charge >= 0.3 is 0 Å². The van der Waals surface area contributed by atoms with Crippen LogP contribution in [0.25, 0.3) is 33.3 Å². The molecule has 0 unspecified atom stereocenters. The van der Waals surface area contributed by atoms with Gasteiger partial charge in [0.05, 0.1) is 5.56 Å². The molecule has 0 aliphatic heterocycles. The summed E-state index contributed by atoms with van der Waals surface area (Å²) in [6.45, 7) is 8.41. The second-order valence-electron chi connectivity index (χ2n) is 6.68. The molecule has 4 rings (SSSR count). The van der Waals surface area contributed by atoms with Crippen molar-refractivity contribution < 1.29 is 8.98 Å². The predicted molar refractivity (Wildman–Crippen MR) is 97.1 cm³/mol. The molecule has 24 heavy (non-hydrogen) atoms. The fraction of sp³-hybridized carbons (Fsp3) is 0.238. The Morgan fingerprint density at radius 2 is 1.62 bits per heavy atom. The molecule has 0 bridgehead atoms. The number of hydrogen-bond donors (Lipinski definition) is 0. The standard InChI is InChI=1S/C21H21N2O/c1-12-6-8-16-17-9-7-15(4)22-21(17)24-20(16)19(12)18-10-13(2)14(3)11-23(18)5/h6-11H,1-5H3/q+1. The zero-order chi connectivity index (χ0) is 17.0. The van der Waals surface area contributed by atoms with Crippen molar-refractivity contribution in [1.29, 1.82) is 0 Å². The Balaban J connectivity index is 2.13. The number of aryl methyl sites for hydroxylation is 5. The third kappa shape index (κ3) is 2.12. The molecule has 0 saturated heterocycles. The van der Waals surface area contributed by atoms with Gasteiger partial charge in [0.25, 0.3) is 0 Å². The molecule has 0 amide bonds. The highest BCUT2D eigenvalue weighted by atomic mass is 16.3. The summed E-state index contributed by atoms with van der Waals surface area (Å²) in [7, 11) is 2.09. The Labute approximate surface area is 141 Å². The van der Waals surface area contributed by atoms with Gasteiger partial charge in [-0.25, -0.2) is 9.55 Å². The Bertz CT molecular complexity index is 1110. The second-order valence-corrected chi connectivity index (χ2v) is 6.68. The van der Waals surface area contributed by atoms with Crippen LogP contribution in [0.2, 0.25) is 0 Å². The van der Waals surface area contributed by atoms with Crippen molar-refractivity contribution in [2.75, 3.05) is 0 Å². The smallest absolute Gasteiger partial charge is 0.227 e. The average molecular weight is 317 g/mol. The molecule has 3 heterocycles. The molecule has 0 atom stereocenters. The van der Waals surface area contributed by atoms with Crippen LogP contribution in [0.5, 0.6) is 0 Å². The van der Waals surface area contributed by atoms with Crippen molar-refractivity contribution in [3.05, 3.63) is 58.9 Å². The van der Waals surface area contributed by atoms with Crippen molar-refractivity contribution in [2.24, 2.45) is 7.05 Å². The summed E-state index contributed by atoms with van der Waals surface area (Å²) in [6.07, 6.45) is 2.17. The highest BCUT2D eigenvalue weighted by molar-refractivity contribution is 6.08. The van der Waals surface area contributed by atoms with Gasteiger partial charge in [0.15, 0.2) is 11.8 Å². The van der Waals surface area contributed by atoms with Gasteiger partial charge in [-0.3, -0.25) is 0 Å². The lowest BCUT2D eigenvalue weighted by atomic mass is 9.99. The van der Waals surface area contributed by atoms with Crippen LogP contribution in [-0.2, 0) is 7.05 Å². The van der Waals surface area contributed by atoms with E-state index in [1.165, 1.54) is 16.7 Å². The van der Waals surface area contributed by atoms with Crippen LogP contribution < -0.4 is 4.57 Å². The van der Waals surface area contributed by atoms with Crippen LogP contribution in [0, 0.1) is 27.7 Å². The topological polar surface area (TPSA) is 29.9 Å². The van der Waals surface area contributed by atoms with E-state index in [1.54, 1.807) is 0 Å². The van der Waals surface area contributed by atoms with E-state index in [1.807, 2.05) is 13.0 Å². The zero-order valence-electron chi connectivity index (χ0n) is 14.8. The third-order valence-corrected chi connectivity index (χ3v) is 4.85. The minimum Gasteiger partial charge on any atom is -0.437 e. The first kappa shape index (κ1) is 14.9. The molecule has 0 radical (unpaired) electrons. The van der Waals surface area contributed by atoms with Crippen LogP contribution >= 0.6 is 0 Å². The number of fused-ring (bicyclic) bond motifs is 3. The normalized spacial score (nSPS) is 11.5. The molecule has 0 aliphatic rings. The van der Waals surface area contributed by atoms with Crippen LogP contribution in [0.15, 0.2) is 40.9 Å². The quantitative estimate of drug-likeness (QED) is 0.476. The van der Waals surface area contributed by atoms with Crippen molar-refractivity contribution >= 4 is 22.1 Å². The van der Waals surface area contributed by atoms with Crippen LogP contribution in [-0.4, -0.2) is 4.98 Å². The first-order valence-electron chi connectivity index (χ1n) is 8.22. The zero-order valence-corrected chi connectivity index (χ0v) is 14.8. The maximum Gasteiger partial charge on any atom is 0.227 e. The van der Waals surface area contributed by atoms with E-state index in [0.717, 1.165) is 33.3 Å². The average Bonchev–Trinajstić information content (AvgIpc) is 2.88. The number of hydrogen-bond acceptors (Lipinski definition) is 2. The van der Waals surface area contributed by atoms with E-state index in [9.17, 15) is 0 Å². The van der Waals surface area contributed by atoms with E-state index in [-0.39, 0.29) is 0 Å². The first-order chi connectivity index (χ1) is 11.5. The number of aromatic nitrogens is 2. The van der Waals surface area contributed by atoms with Gasteiger partial charge in [-0.05, 0) is 51.0 Å². The molecule has 0 N–H and O–H groups in total. The lowest BCUT2D eigenvalue weighted by molar-refractivity contribution is -0.660. The summed E-state index contributed by atoms with van der Waals surface area (Å²) in [5.41, 5.74) is 8.68. The summed E-state index contributed by atoms with van der Waals surface area (Å²) in [4.78, 5) is 4.56. The van der Waals surface area contributed by atoms with Crippen molar-refractivity contribution in [1.82, 2.24) is 4.98 Å². The molecular formula is C21H21N2O+. The lowest BCUT2D eigenvalue weighted by Crippen LogP contribution is -2.31. The predicted octanol–water partition coefficient (Wildman–Crippen LogP) is 4.71. The Morgan fingerprint density at radius 3 is 2.42 bits per heavy atom. The van der Waals surface area contributed by atoms with E-state index < -0.39 is 0 Å². The molecule has 4 aromatic rings. The van der Waals surface area contributed by atoms with E-state index in [2.05, 4.69) is 67.8 Å². The molecule has 0 fully saturated rings. The monoisotopic (exact) mass is 317 g/mol. The molecular weight excluding hydrogens is 296 g/mol. The first-order valence-corrected chi connectivity index (χ1v) is 8.22. The maximum atomic E-state index is 6.20. The molecule has 120 valence electrons. The van der Waals surface area contributed by atoms with E-state index in [4.69, 9.17) is 4.42 Å². The Morgan fingerprint density at radius 1 is 0.875 bits per heavy atom. The maximum absolute atomic E-state index is 6.20. The molecule has 3 aromatic heterocycles. The third-order valence-electron chi connectivity index (χ3n) is 4.85. The molecule has 0 saturated carbocycles. The number of pyridine rings is 2. The summed E-state index contributed by atoms with van der Waals surface area (Å²) in [5, 5.41) is 2.19. The minimum absolute atomic E-state index is 0.711. The minimum atomic E-state index is 0.711. The number of rotatable bonds is 1. The summed E-state index contributed by atoms with van der Waals surface area (Å²) >= 11 is 0. The van der Waals surface area contributed by atoms with Crippen LogP contribution in [0.4, 0.5) is 0 Å². The van der Waals surface area contributed by atoms with Gasteiger partial charge in [0, 0.05) is 28.1 Å². The lowest BCUT2D eigenvalue weighted by Gasteiger charge is -2.07. The van der Waals surface area contributed by atoms with Gasteiger partial charge in [0.1, 0.15) is 7.05 Å². The number of nitrogens with zero attached hydrogens (tertiary/aromatic N) is 2. The van der Waals surface area contributed by atoms with Gasteiger partial charge in [-0.2, -0.15) is 0 Å². The fourth-order valence-corrected chi connectivity index (χ4v) is 3.36. The highest BCUT2D eigenvalue weighted by Crippen LogP contribution is 2.36. The summed E-state index contributed by atoms with van der Waals surface area (Å²) in [6, 6.07) is 10.7. The fourth-order valence-electron chi connectivity index (χ4n) is 3.36. The molecule has 3 heteroatoms. The van der Waals surface area contributed by atoms with Gasteiger partial charge in [0.2, 0.25) is 11.4 Å². The van der Waals surface area contributed by atoms with E-state index in [0.29, 0.717) is 5.71 Å². The second kappa shape index (κ2) is 5.17. The van der Waals surface area contributed by atoms with Crippen LogP contribution in [0.1, 0.15) is 22.4 Å². The molecule has 0 spiro atoms. The molecule has 3 nitrogen and oxygen atoms in total. The molecule has 0 aliphatic carbocycles. The van der Waals surface area contributed by atoms with Crippen LogP contribution in [0.3, 0.4) is 0 Å². The SMILES string of the molecule is Cc1ccc2c(n1)oc1c(-c3cc(C)c(C)c[n+]3C)c(C)ccc12. The Hall–Kier alpha value is -2.68. The van der Waals surface area contributed by atoms with Crippen molar-refractivity contribution in [3.8, 4) is 11.3 Å². The van der Waals surface area contributed by atoms with Crippen molar-refractivity contribution in [3.63, 3.8) is 0 Å². The van der Waals surface area contributed by atoms with Crippen molar-refractivity contribution in [2.45, 2.75) is 27.7 Å². The van der Waals surface area contributed by atoms with Gasteiger partial charge < -0.3 is 4.42 Å². The highest BCUT2D eigenvalue weighted by Gasteiger charge is 2.21. The van der Waals surface area contributed by atoms with E-state index >= 15 is 0 Å². The van der Waals surface area contributed by atoms with Gasteiger partial charge in [-0.1, -0.05) is 12.1 Å². The largest absolute Gasteiger partial charge is 0.437 e. The molecule has 1 aromatic carbocycles. The summed E-state index contributed by atoms with van der Waals surface area (Å²) in [5.74, 6) is 0. The van der Waals surface area contributed by atoms with Gasteiger partial charge in [-0.15, -0.1) is 0 Å². The Kier molecular flexibility index (Phi) is 3.20. The number of benzene rings is 1. The number of furan rings is 1.